The minimum atomic E-state index is -0.268. The molecule has 0 unspecified atom stereocenters. The summed E-state index contributed by atoms with van der Waals surface area (Å²) in [5.74, 6) is 0.395. The Balaban J connectivity index is 3.74. The molecule has 160 valence electrons. The van der Waals surface area contributed by atoms with E-state index < -0.39 is 0 Å². The van der Waals surface area contributed by atoms with E-state index in [9.17, 15) is 4.79 Å². The van der Waals surface area contributed by atoms with Gasteiger partial charge < -0.3 is 14.0 Å². The van der Waals surface area contributed by atoms with Gasteiger partial charge in [-0.05, 0) is 18.9 Å². The standard InChI is InChI=1S/C23H46NO3/c1-6-7-8-9-10-11-12-13-14-15-16-17-18-23(27-22(2)25)21-26-20-19-24(3,4)5/h18H,6-17,19-21H2,1-5H3/q+1/b23-18-. The van der Waals surface area contributed by atoms with Gasteiger partial charge in [0.05, 0.1) is 27.7 Å². The maximum Gasteiger partial charge on any atom is 0.307 e. The molecule has 0 aliphatic rings. The fourth-order valence-electron chi connectivity index (χ4n) is 2.90. The summed E-state index contributed by atoms with van der Waals surface area (Å²) in [6.45, 7) is 5.70. The van der Waals surface area contributed by atoms with Crippen molar-refractivity contribution in [2.45, 2.75) is 90.9 Å². The molecule has 4 nitrogen and oxygen atoms in total. The monoisotopic (exact) mass is 384 g/mol. The van der Waals surface area contributed by atoms with E-state index in [4.69, 9.17) is 9.47 Å². The van der Waals surface area contributed by atoms with Crippen molar-refractivity contribution in [1.82, 2.24) is 0 Å². The molecule has 0 heterocycles. The van der Waals surface area contributed by atoms with Crippen molar-refractivity contribution < 1.29 is 18.8 Å². The van der Waals surface area contributed by atoms with Gasteiger partial charge in [-0.2, -0.15) is 0 Å². The minimum Gasteiger partial charge on any atom is -0.429 e. The van der Waals surface area contributed by atoms with Gasteiger partial charge in [-0.1, -0.05) is 71.1 Å². The van der Waals surface area contributed by atoms with Crippen LogP contribution in [0, 0.1) is 0 Å². The van der Waals surface area contributed by atoms with Crippen molar-refractivity contribution in [3.05, 3.63) is 11.8 Å². The van der Waals surface area contributed by atoms with Gasteiger partial charge in [-0.25, -0.2) is 0 Å². The molecule has 0 aromatic carbocycles. The van der Waals surface area contributed by atoms with Crippen LogP contribution in [0.4, 0.5) is 0 Å². The van der Waals surface area contributed by atoms with E-state index in [0.717, 1.165) is 23.9 Å². The van der Waals surface area contributed by atoms with E-state index in [1.165, 1.54) is 71.1 Å². The lowest BCUT2D eigenvalue weighted by Crippen LogP contribution is -2.37. The highest BCUT2D eigenvalue weighted by atomic mass is 16.6. The van der Waals surface area contributed by atoms with Gasteiger partial charge >= 0.3 is 5.97 Å². The Hall–Kier alpha value is -0.870. The highest BCUT2D eigenvalue weighted by molar-refractivity contribution is 5.67. The van der Waals surface area contributed by atoms with Crippen LogP contribution in [0.1, 0.15) is 90.9 Å². The third kappa shape index (κ3) is 21.3. The van der Waals surface area contributed by atoms with Gasteiger partial charge in [0, 0.05) is 6.92 Å². The van der Waals surface area contributed by atoms with Crippen LogP contribution in [-0.2, 0) is 14.3 Å². The van der Waals surface area contributed by atoms with E-state index >= 15 is 0 Å². The predicted octanol–water partition coefficient (Wildman–Crippen LogP) is 5.86. The van der Waals surface area contributed by atoms with E-state index in [-0.39, 0.29) is 5.97 Å². The smallest absolute Gasteiger partial charge is 0.307 e. The van der Waals surface area contributed by atoms with E-state index in [2.05, 4.69) is 28.1 Å². The van der Waals surface area contributed by atoms with Crippen molar-refractivity contribution >= 4 is 5.97 Å². The Labute approximate surface area is 168 Å². The first-order chi connectivity index (χ1) is 12.8. The van der Waals surface area contributed by atoms with Gasteiger partial charge in [-0.3, -0.25) is 4.79 Å². The molecule has 27 heavy (non-hydrogen) atoms. The number of carbonyl (C=O) groups is 1. The van der Waals surface area contributed by atoms with Gasteiger partial charge in [0.1, 0.15) is 18.9 Å². The normalized spacial score (nSPS) is 12.4. The summed E-state index contributed by atoms with van der Waals surface area (Å²) in [5.41, 5.74) is 0. The first kappa shape index (κ1) is 26.1. The second kappa shape index (κ2) is 17.2. The maximum atomic E-state index is 11.2. The summed E-state index contributed by atoms with van der Waals surface area (Å²) < 4.78 is 11.8. The number of nitrogens with zero attached hydrogens (tertiary/aromatic N) is 1. The molecule has 0 saturated heterocycles. The van der Waals surface area contributed by atoms with Crippen molar-refractivity contribution in [2.75, 3.05) is 40.9 Å². The van der Waals surface area contributed by atoms with Crippen molar-refractivity contribution in [1.29, 1.82) is 0 Å². The number of ether oxygens (including phenoxy) is 2. The Kier molecular flexibility index (Phi) is 16.7. The first-order valence-corrected chi connectivity index (χ1v) is 11.1. The molecule has 0 bridgehead atoms. The Morgan fingerprint density at radius 1 is 0.852 bits per heavy atom. The average Bonchev–Trinajstić information content (AvgIpc) is 2.58. The Morgan fingerprint density at radius 2 is 1.37 bits per heavy atom. The summed E-state index contributed by atoms with van der Waals surface area (Å²) >= 11 is 0. The zero-order valence-corrected chi connectivity index (χ0v) is 18.9. The molecule has 0 aromatic heterocycles. The Morgan fingerprint density at radius 3 is 1.85 bits per heavy atom. The molecule has 0 aliphatic heterocycles. The number of hydrogen-bond acceptors (Lipinski definition) is 3. The molecule has 0 aromatic rings. The molecular weight excluding hydrogens is 338 g/mol. The lowest BCUT2D eigenvalue weighted by Gasteiger charge is -2.23. The van der Waals surface area contributed by atoms with Gasteiger partial charge in [0.25, 0.3) is 0 Å². The molecular formula is C23H46NO3+. The Bertz CT molecular complexity index is 386. The molecule has 0 rings (SSSR count). The van der Waals surface area contributed by atoms with Crippen LogP contribution in [-0.4, -0.2) is 51.4 Å². The van der Waals surface area contributed by atoms with Crippen LogP contribution >= 0.6 is 0 Å². The predicted molar refractivity (Wildman–Crippen MR) is 115 cm³/mol. The number of carbonyl (C=O) groups excluding carboxylic acids is 1. The quantitative estimate of drug-likeness (QED) is 0.129. The van der Waals surface area contributed by atoms with Crippen LogP contribution in [0.25, 0.3) is 0 Å². The summed E-state index contributed by atoms with van der Waals surface area (Å²) in [6, 6.07) is 0. The number of rotatable bonds is 18. The average molecular weight is 385 g/mol. The number of allylic oxidation sites excluding steroid dienone is 1. The van der Waals surface area contributed by atoms with Gasteiger partial charge in [-0.15, -0.1) is 0 Å². The highest BCUT2D eigenvalue weighted by Crippen LogP contribution is 2.13. The zero-order valence-electron chi connectivity index (χ0n) is 18.9. The topological polar surface area (TPSA) is 35.5 Å². The van der Waals surface area contributed by atoms with Crippen LogP contribution in [0.5, 0.6) is 0 Å². The summed E-state index contributed by atoms with van der Waals surface area (Å²) in [7, 11) is 6.41. The molecule has 0 spiro atoms. The van der Waals surface area contributed by atoms with Crippen LogP contribution < -0.4 is 0 Å². The zero-order chi connectivity index (χ0) is 20.4. The summed E-state index contributed by atoms with van der Waals surface area (Å²) in [5, 5.41) is 0. The number of unbranched alkanes of at least 4 members (excludes halogenated alkanes) is 11. The number of hydrogen-bond donors (Lipinski definition) is 0. The number of likely N-dealkylation sites (N-methyl/N-ethyl adjacent to an activating group) is 1. The van der Waals surface area contributed by atoms with Crippen molar-refractivity contribution in [2.24, 2.45) is 0 Å². The SMILES string of the molecule is CCCCCCCCCCCCC/C=C(/COCC[N+](C)(C)C)OC(C)=O. The van der Waals surface area contributed by atoms with Crippen LogP contribution in [0.2, 0.25) is 0 Å². The van der Waals surface area contributed by atoms with E-state index in [1.807, 2.05) is 6.08 Å². The fourth-order valence-corrected chi connectivity index (χ4v) is 2.90. The first-order valence-electron chi connectivity index (χ1n) is 11.1. The number of quaternary nitrogens is 1. The van der Waals surface area contributed by atoms with Crippen LogP contribution in [0.3, 0.4) is 0 Å². The van der Waals surface area contributed by atoms with Gasteiger partial charge in [0.2, 0.25) is 0 Å². The molecule has 4 heteroatoms. The summed E-state index contributed by atoms with van der Waals surface area (Å²) in [4.78, 5) is 11.2. The van der Waals surface area contributed by atoms with Crippen LogP contribution in [0.15, 0.2) is 11.8 Å². The van der Waals surface area contributed by atoms with Crippen molar-refractivity contribution in [3.8, 4) is 0 Å². The number of esters is 1. The molecule has 0 aliphatic carbocycles. The molecule has 0 N–H and O–H groups in total. The molecule has 0 amide bonds. The van der Waals surface area contributed by atoms with Crippen molar-refractivity contribution in [3.63, 3.8) is 0 Å². The lowest BCUT2D eigenvalue weighted by atomic mass is 10.1. The second-order valence-electron chi connectivity index (χ2n) is 8.65. The maximum absolute atomic E-state index is 11.2. The third-order valence-corrected chi connectivity index (χ3v) is 4.61. The van der Waals surface area contributed by atoms with Gasteiger partial charge in [0.15, 0.2) is 0 Å². The molecule has 0 radical (unpaired) electrons. The summed E-state index contributed by atoms with van der Waals surface area (Å²) in [6.07, 6.45) is 17.8. The fraction of sp³-hybridized carbons (Fsp3) is 0.870. The third-order valence-electron chi connectivity index (χ3n) is 4.61. The largest absolute Gasteiger partial charge is 0.429 e. The van der Waals surface area contributed by atoms with E-state index in [0.29, 0.717) is 19.0 Å². The highest BCUT2D eigenvalue weighted by Gasteiger charge is 2.08. The second-order valence-corrected chi connectivity index (χ2v) is 8.65. The molecule has 0 atom stereocenters. The minimum absolute atomic E-state index is 0.268. The molecule has 0 saturated carbocycles. The molecule has 0 fully saturated rings. The van der Waals surface area contributed by atoms with E-state index in [1.54, 1.807) is 0 Å². The lowest BCUT2D eigenvalue weighted by molar-refractivity contribution is -0.870.